The molecular weight excluding hydrogens is 320 g/mol. The van der Waals surface area contributed by atoms with E-state index in [0.29, 0.717) is 34.7 Å². The molecule has 7 heteroatoms. The molecule has 1 aliphatic heterocycles. The molecule has 23 heavy (non-hydrogen) atoms. The zero-order valence-electron chi connectivity index (χ0n) is 12.9. The summed E-state index contributed by atoms with van der Waals surface area (Å²) in [5.74, 6) is 0. The van der Waals surface area contributed by atoms with Crippen LogP contribution in [0.4, 0.5) is 10.5 Å². The minimum atomic E-state index is -1.06. The maximum Gasteiger partial charge on any atom is 0.417 e. The molecule has 1 saturated carbocycles. The molecule has 0 aromatic heterocycles. The first-order valence-corrected chi connectivity index (χ1v) is 7.76. The Morgan fingerprint density at radius 3 is 2.87 bits per heavy atom. The van der Waals surface area contributed by atoms with Gasteiger partial charge in [-0.05, 0) is 43.9 Å². The van der Waals surface area contributed by atoms with E-state index in [4.69, 9.17) is 26.3 Å². The number of carbonyl (C=O) groups is 1. The summed E-state index contributed by atoms with van der Waals surface area (Å²) in [6.07, 6.45) is -0.228. The summed E-state index contributed by atoms with van der Waals surface area (Å²) in [4.78, 5) is 13.8. The first kappa shape index (κ1) is 16.1. The van der Waals surface area contributed by atoms with E-state index in [-0.39, 0.29) is 0 Å². The van der Waals surface area contributed by atoms with Gasteiger partial charge in [0, 0.05) is 7.11 Å². The molecule has 1 amide bonds. The Bertz CT molecular complexity index is 702. The first-order chi connectivity index (χ1) is 11.0. The molecule has 1 heterocycles. The van der Waals surface area contributed by atoms with E-state index in [1.807, 2.05) is 6.07 Å². The van der Waals surface area contributed by atoms with Gasteiger partial charge >= 0.3 is 6.09 Å². The molecule has 1 spiro atoms. The Morgan fingerprint density at radius 2 is 2.30 bits per heavy atom. The van der Waals surface area contributed by atoms with Crippen LogP contribution in [0.15, 0.2) is 12.1 Å². The fraction of sp³-hybridized carbons (Fsp3) is 0.500. The number of nitrogens with zero attached hydrogens (tertiary/aromatic N) is 2. The van der Waals surface area contributed by atoms with Gasteiger partial charge in [0.25, 0.3) is 0 Å². The number of rotatable bonds is 2. The minimum Gasteiger partial charge on any atom is -0.435 e. The van der Waals surface area contributed by atoms with E-state index < -0.39 is 24.0 Å². The van der Waals surface area contributed by atoms with Gasteiger partial charge in [0.05, 0.1) is 22.4 Å². The van der Waals surface area contributed by atoms with E-state index in [9.17, 15) is 9.90 Å². The number of hydrogen-bond acceptors (Lipinski definition) is 5. The van der Waals surface area contributed by atoms with E-state index in [1.54, 1.807) is 19.1 Å². The third kappa shape index (κ3) is 2.19. The lowest BCUT2D eigenvalue weighted by Crippen LogP contribution is -2.51. The third-order valence-corrected chi connectivity index (χ3v) is 5.18. The van der Waals surface area contributed by atoms with Gasteiger partial charge < -0.3 is 14.6 Å². The van der Waals surface area contributed by atoms with Crippen LogP contribution in [-0.2, 0) is 9.47 Å². The van der Waals surface area contributed by atoms with Crippen molar-refractivity contribution in [3.8, 4) is 6.07 Å². The predicted octanol–water partition coefficient (Wildman–Crippen LogP) is 2.73. The van der Waals surface area contributed by atoms with Crippen molar-refractivity contribution in [3.63, 3.8) is 0 Å². The molecule has 0 bridgehead atoms. The topological polar surface area (TPSA) is 82.8 Å². The Kier molecular flexibility index (Phi) is 3.96. The number of nitriles is 1. The lowest BCUT2D eigenvalue weighted by atomic mass is 9.96. The number of ether oxygens (including phenoxy) is 2. The highest BCUT2D eigenvalue weighted by Crippen LogP contribution is 2.46. The number of anilines is 1. The molecule has 1 N–H and O–H groups in total. The molecule has 0 radical (unpaired) electrons. The molecule has 0 unspecified atom stereocenters. The van der Waals surface area contributed by atoms with Crippen LogP contribution >= 0.6 is 11.6 Å². The summed E-state index contributed by atoms with van der Waals surface area (Å²) in [5, 5.41) is 19.7. The normalized spacial score (nSPS) is 29.9. The number of methoxy groups -OCH3 is 1. The number of hydrogen-bond donors (Lipinski definition) is 1. The van der Waals surface area contributed by atoms with Crippen LogP contribution in [-0.4, -0.2) is 36.2 Å². The summed E-state index contributed by atoms with van der Waals surface area (Å²) in [5.41, 5.74) is 0.389. The van der Waals surface area contributed by atoms with Crippen LogP contribution < -0.4 is 4.90 Å². The summed E-state index contributed by atoms with van der Waals surface area (Å²) in [6.45, 7) is 1.73. The van der Waals surface area contributed by atoms with Gasteiger partial charge in [-0.2, -0.15) is 5.26 Å². The maximum atomic E-state index is 12.5. The number of halogens is 1. The van der Waals surface area contributed by atoms with Crippen LogP contribution in [0.1, 0.15) is 30.4 Å². The van der Waals surface area contributed by atoms with Crippen molar-refractivity contribution in [1.82, 2.24) is 0 Å². The van der Waals surface area contributed by atoms with Gasteiger partial charge in [-0.1, -0.05) is 11.6 Å². The number of carbonyl (C=O) groups excluding carboxylic acids is 1. The zero-order valence-corrected chi connectivity index (χ0v) is 13.6. The molecule has 2 fully saturated rings. The van der Waals surface area contributed by atoms with Gasteiger partial charge in [-0.3, -0.25) is 0 Å². The maximum absolute atomic E-state index is 12.5. The van der Waals surface area contributed by atoms with Crippen LogP contribution in [0.5, 0.6) is 0 Å². The monoisotopic (exact) mass is 336 g/mol. The molecule has 1 aliphatic carbocycles. The van der Waals surface area contributed by atoms with Crippen molar-refractivity contribution in [3.05, 3.63) is 28.3 Å². The minimum absolute atomic E-state index is 0.292. The lowest BCUT2D eigenvalue weighted by molar-refractivity contribution is -0.107. The van der Waals surface area contributed by atoms with Crippen LogP contribution in [0.2, 0.25) is 5.02 Å². The summed E-state index contributed by atoms with van der Waals surface area (Å²) in [6, 6.07) is 5.21. The highest BCUT2D eigenvalue weighted by Gasteiger charge is 2.61. The van der Waals surface area contributed by atoms with Crippen molar-refractivity contribution < 1.29 is 19.4 Å². The van der Waals surface area contributed by atoms with Crippen LogP contribution in [0.3, 0.4) is 0 Å². The predicted molar refractivity (Wildman–Crippen MR) is 83.2 cm³/mol. The van der Waals surface area contributed by atoms with Crippen molar-refractivity contribution in [2.45, 2.75) is 44.1 Å². The SMILES string of the molecule is CO[C@@H]1N(c2ccc(C#N)c(Cl)c2C)C(=O)O[C@]12CCC[C@H]2O. The van der Waals surface area contributed by atoms with Crippen molar-refractivity contribution in [2.75, 3.05) is 12.0 Å². The largest absolute Gasteiger partial charge is 0.435 e. The average Bonchev–Trinajstić information content (AvgIpc) is 3.03. The second kappa shape index (κ2) is 5.68. The van der Waals surface area contributed by atoms with Gasteiger partial charge in [-0.25, -0.2) is 9.69 Å². The molecule has 1 aromatic rings. The molecular formula is C16H17ClN2O4. The molecule has 3 rings (SSSR count). The summed E-state index contributed by atoms with van der Waals surface area (Å²) < 4.78 is 11.1. The van der Waals surface area contributed by atoms with E-state index in [2.05, 4.69) is 0 Å². The average molecular weight is 337 g/mol. The van der Waals surface area contributed by atoms with Crippen LogP contribution in [0, 0.1) is 18.3 Å². The quantitative estimate of drug-likeness (QED) is 0.897. The molecule has 3 atom stereocenters. The lowest BCUT2D eigenvalue weighted by Gasteiger charge is -2.33. The molecule has 2 aliphatic rings. The molecule has 122 valence electrons. The summed E-state index contributed by atoms with van der Waals surface area (Å²) in [7, 11) is 1.48. The highest BCUT2D eigenvalue weighted by molar-refractivity contribution is 6.33. The van der Waals surface area contributed by atoms with E-state index in [1.165, 1.54) is 12.0 Å². The Balaban J connectivity index is 2.08. The smallest absolute Gasteiger partial charge is 0.417 e. The van der Waals surface area contributed by atoms with Gasteiger partial charge in [-0.15, -0.1) is 0 Å². The summed E-state index contributed by atoms with van der Waals surface area (Å²) >= 11 is 6.20. The Hall–Kier alpha value is -1.81. The van der Waals surface area contributed by atoms with Gasteiger partial charge in [0.1, 0.15) is 6.07 Å². The Morgan fingerprint density at radius 1 is 1.57 bits per heavy atom. The van der Waals surface area contributed by atoms with Gasteiger partial charge in [0.15, 0.2) is 11.8 Å². The number of aliphatic hydroxyl groups excluding tert-OH is 1. The van der Waals surface area contributed by atoms with Crippen molar-refractivity contribution in [1.29, 1.82) is 5.26 Å². The van der Waals surface area contributed by atoms with E-state index >= 15 is 0 Å². The zero-order chi connectivity index (χ0) is 16.8. The van der Waals surface area contributed by atoms with Crippen molar-refractivity contribution >= 4 is 23.4 Å². The van der Waals surface area contributed by atoms with Gasteiger partial charge in [0.2, 0.25) is 0 Å². The van der Waals surface area contributed by atoms with Crippen molar-refractivity contribution in [2.24, 2.45) is 0 Å². The number of aliphatic hydroxyl groups is 1. The number of benzene rings is 1. The fourth-order valence-electron chi connectivity index (χ4n) is 3.52. The standard InChI is InChI=1S/C16H17ClN2O4/c1-9-11(6-5-10(8-18)13(9)17)19-14(22-2)16(23-15(19)21)7-3-4-12(16)20/h5-6,12,14,20H,3-4,7H2,1-2H3/t12-,14+,16+/m1/s1. The van der Waals surface area contributed by atoms with Crippen LogP contribution in [0.25, 0.3) is 0 Å². The second-order valence-electron chi connectivity index (χ2n) is 5.87. The highest BCUT2D eigenvalue weighted by atomic mass is 35.5. The van der Waals surface area contributed by atoms with E-state index in [0.717, 1.165) is 6.42 Å². The Labute approximate surface area is 139 Å². The molecule has 1 aromatic carbocycles. The third-order valence-electron chi connectivity index (χ3n) is 4.70. The fourth-order valence-corrected chi connectivity index (χ4v) is 3.72. The first-order valence-electron chi connectivity index (χ1n) is 7.38. The second-order valence-corrected chi connectivity index (χ2v) is 6.25. The molecule has 1 saturated heterocycles. The number of amides is 1. The molecule has 6 nitrogen and oxygen atoms in total.